The highest BCUT2D eigenvalue weighted by atomic mass is 16.2. The quantitative estimate of drug-likeness (QED) is 0.926. The lowest BCUT2D eigenvalue weighted by atomic mass is 9.81. The molecule has 116 valence electrons. The molecular weight excluding hydrogens is 260 g/mol. The highest BCUT2D eigenvalue weighted by molar-refractivity contribution is 5.78. The molecule has 3 heteroatoms. The summed E-state index contributed by atoms with van der Waals surface area (Å²) < 4.78 is 0. The van der Waals surface area contributed by atoms with E-state index >= 15 is 0 Å². The lowest BCUT2D eigenvalue weighted by molar-refractivity contribution is -0.131. The average Bonchev–Trinajstić information content (AvgIpc) is 2.82. The summed E-state index contributed by atoms with van der Waals surface area (Å²) >= 11 is 0. The minimum Gasteiger partial charge on any atom is -0.342 e. The second kappa shape index (κ2) is 5.80. The number of amides is 1. The van der Waals surface area contributed by atoms with Crippen LogP contribution in [0.5, 0.6) is 0 Å². The SMILES string of the molecule is Cc1ccc(C(C)(C)CC(=O)N2CCC(C)(CN)C2)cc1. The second-order valence-corrected chi connectivity index (χ2v) is 7.51. The first kappa shape index (κ1) is 16.0. The van der Waals surface area contributed by atoms with E-state index in [4.69, 9.17) is 5.73 Å². The molecule has 0 aliphatic carbocycles. The number of rotatable bonds is 4. The van der Waals surface area contributed by atoms with Crippen molar-refractivity contribution < 1.29 is 4.79 Å². The zero-order valence-corrected chi connectivity index (χ0v) is 13.8. The lowest BCUT2D eigenvalue weighted by Gasteiger charge is -2.28. The third-order valence-electron chi connectivity index (χ3n) is 4.83. The summed E-state index contributed by atoms with van der Waals surface area (Å²) in [6, 6.07) is 8.50. The number of hydrogen-bond donors (Lipinski definition) is 1. The van der Waals surface area contributed by atoms with Crippen LogP contribution in [0.1, 0.15) is 44.7 Å². The van der Waals surface area contributed by atoms with Gasteiger partial charge in [-0.2, -0.15) is 0 Å². The Bertz CT molecular complexity index is 506. The minimum absolute atomic E-state index is 0.101. The predicted molar refractivity (Wildman–Crippen MR) is 87.2 cm³/mol. The molecule has 21 heavy (non-hydrogen) atoms. The summed E-state index contributed by atoms with van der Waals surface area (Å²) in [5, 5.41) is 0. The lowest BCUT2D eigenvalue weighted by Crippen LogP contribution is -2.37. The Morgan fingerprint density at radius 2 is 1.95 bits per heavy atom. The number of aryl methyl sites for hydroxylation is 1. The smallest absolute Gasteiger partial charge is 0.223 e. The number of nitrogens with two attached hydrogens (primary N) is 1. The number of nitrogens with zero attached hydrogens (tertiary/aromatic N) is 1. The van der Waals surface area contributed by atoms with Crippen molar-refractivity contribution in [2.45, 2.75) is 46.0 Å². The van der Waals surface area contributed by atoms with Gasteiger partial charge >= 0.3 is 0 Å². The van der Waals surface area contributed by atoms with Gasteiger partial charge in [0, 0.05) is 19.5 Å². The summed E-state index contributed by atoms with van der Waals surface area (Å²) in [7, 11) is 0. The van der Waals surface area contributed by atoms with Crippen LogP contribution in [0.4, 0.5) is 0 Å². The van der Waals surface area contributed by atoms with Crippen LogP contribution in [0.25, 0.3) is 0 Å². The molecule has 1 aromatic rings. The number of hydrogen-bond acceptors (Lipinski definition) is 2. The van der Waals surface area contributed by atoms with Crippen LogP contribution in [0.15, 0.2) is 24.3 Å². The van der Waals surface area contributed by atoms with Crippen molar-refractivity contribution in [3.05, 3.63) is 35.4 Å². The highest BCUT2D eigenvalue weighted by Gasteiger charge is 2.36. The molecule has 1 saturated heterocycles. The fraction of sp³-hybridized carbons (Fsp3) is 0.611. The van der Waals surface area contributed by atoms with Crippen LogP contribution in [0.2, 0.25) is 0 Å². The molecule has 0 bridgehead atoms. The van der Waals surface area contributed by atoms with Gasteiger partial charge in [0.1, 0.15) is 0 Å². The minimum atomic E-state index is -0.132. The molecule has 1 aromatic carbocycles. The van der Waals surface area contributed by atoms with Crippen LogP contribution in [-0.4, -0.2) is 30.4 Å². The monoisotopic (exact) mass is 288 g/mol. The fourth-order valence-corrected chi connectivity index (χ4v) is 3.00. The molecule has 1 aliphatic heterocycles. The molecule has 1 heterocycles. The molecular formula is C18H28N2O. The van der Waals surface area contributed by atoms with Crippen molar-refractivity contribution in [2.24, 2.45) is 11.1 Å². The van der Waals surface area contributed by atoms with Gasteiger partial charge in [-0.05, 0) is 36.3 Å². The third kappa shape index (κ3) is 3.65. The molecule has 0 spiro atoms. The number of benzene rings is 1. The van der Waals surface area contributed by atoms with Gasteiger partial charge in [-0.25, -0.2) is 0 Å². The molecule has 0 aromatic heterocycles. The van der Waals surface area contributed by atoms with Crippen LogP contribution < -0.4 is 5.73 Å². The first-order valence-electron chi connectivity index (χ1n) is 7.81. The average molecular weight is 288 g/mol. The molecule has 1 aliphatic rings. The molecule has 1 fully saturated rings. The summed E-state index contributed by atoms with van der Waals surface area (Å²) in [4.78, 5) is 14.6. The molecule has 1 amide bonds. The zero-order valence-electron chi connectivity index (χ0n) is 13.8. The molecule has 2 N–H and O–H groups in total. The van der Waals surface area contributed by atoms with Gasteiger partial charge < -0.3 is 10.6 Å². The van der Waals surface area contributed by atoms with E-state index in [0.717, 1.165) is 19.5 Å². The Balaban J connectivity index is 2.03. The van der Waals surface area contributed by atoms with E-state index in [2.05, 4.69) is 52.0 Å². The van der Waals surface area contributed by atoms with Crippen molar-refractivity contribution in [3.63, 3.8) is 0 Å². The van der Waals surface area contributed by atoms with Gasteiger partial charge in [0.25, 0.3) is 0 Å². The Kier molecular flexibility index (Phi) is 4.43. The van der Waals surface area contributed by atoms with Gasteiger partial charge in [-0.15, -0.1) is 0 Å². The highest BCUT2D eigenvalue weighted by Crippen LogP contribution is 2.32. The topological polar surface area (TPSA) is 46.3 Å². The molecule has 0 saturated carbocycles. The van der Waals surface area contributed by atoms with Gasteiger partial charge in [-0.1, -0.05) is 50.6 Å². The summed E-state index contributed by atoms with van der Waals surface area (Å²) in [5.74, 6) is 0.248. The third-order valence-corrected chi connectivity index (χ3v) is 4.83. The van der Waals surface area contributed by atoms with E-state index in [0.29, 0.717) is 13.0 Å². The van der Waals surface area contributed by atoms with Gasteiger partial charge in [0.05, 0.1) is 0 Å². The van der Waals surface area contributed by atoms with Crippen LogP contribution in [-0.2, 0) is 10.2 Å². The predicted octanol–water partition coefficient (Wildman–Crippen LogP) is 2.86. The second-order valence-electron chi connectivity index (χ2n) is 7.51. The maximum Gasteiger partial charge on any atom is 0.223 e. The number of carbonyl (C=O) groups excluding carboxylic acids is 1. The number of likely N-dealkylation sites (tertiary alicyclic amines) is 1. The van der Waals surface area contributed by atoms with Gasteiger partial charge in [0.15, 0.2) is 0 Å². The van der Waals surface area contributed by atoms with E-state index in [9.17, 15) is 4.79 Å². The Morgan fingerprint density at radius 1 is 1.33 bits per heavy atom. The molecule has 1 unspecified atom stereocenters. The number of carbonyl (C=O) groups is 1. The molecule has 0 radical (unpaired) electrons. The van der Waals surface area contributed by atoms with Crippen molar-refractivity contribution in [2.75, 3.05) is 19.6 Å². The zero-order chi connectivity index (χ0) is 15.7. The van der Waals surface area contributed by atoms with E-state index in [1.165, 1.54) is 11.1 Å². The maximum absolute atomic E-state index is 12.6. The van der Waals surface area contributed by atoms with Crippen molar-refractivity contribution in [3.8, 4) is 0 Å². The molecule has 2 rings (SSSR count). The summed E-state index contributed by atoms with van der Waals surface area (Å²) in [6.07, 6.45) is 1.57. The van der Waals surface area contributed by atoms with E-state index in [1.807, 2.05) is 4.90 Å². The normalized spacial score (nSPS) is 22.6. The fourth-order valence-electron chi connectivity index (χ4n) is 3.00. The largest absolute Gasteiger partial charge is 0.342 e. The maximum atomic E-state index is 12.6. The first-order chi connectivity index (χ1) is 9.76. The van der Waals surface area contributed by atoms with E-state index < -0.39 is 0 Å². The molecule has 3 nitrogen and oxygen atoms in total. The van der Waals surface area contributed by atoms with Gasteiger partial charge in [-0.3, -0.25) is 4.79 Å². The van der Waals surface area contributed by atoms with Crippen LogP contribution in [0.3, 0.4) is 0 Å². The molecule has 1 atom stereocenters. The Hall–Kier alpha value is -1.35. The van der Waals surface area contributed by atoms with Crippen molar-refractivity contribution in [1.82, 2.24) is 4.90 Å². The van der Waals surface area contributed by atoms with Crippen molar-refractivity contribution in [1.29, 1.82) is 0 Å². The van der Waals surface area contributed by atoms with Crippen molar-refractivity contribution >= 4 is 5.91 Å². The van der Waals surface area contributed by atoms with Crippen LogP contribution >= 0.6 is 0 Å². The summed E-state index contributed by atoms with van der Waals surface area (Å²) in [5.41, 5.74) is 8.27. The van der Waals surface area contributed by atoms with Gasteiger partial charge in [0.2, 0.25) is 5.91 Å². The Morgan fingerprint density at radius 3 is 2.48 bits per heavy atom. The first-order valence-corrected chi connectivity index (χ1v) is 7.81. The van der Waals surface area contributed by atoms with Crippen LogP contribution in [0, 0.1) is 12.3 Å². The Labute approximate surface area is 128 Å². The summed E-state index contributed by atoms with van der Waals surface area (Å²) in [6.45, 7) is 10.8. The van der Waals surface area contributed by atoms with E-state index in [1.54, 1.807) is 0 Å². The van der Waals surface area contributed by atoms with E-state index in [-0.39, 0.29) is 16.7 Å². The standard InChI is InChI=1S/C18H28N2O/c1-14-5-7-15(8-6-14)17(2,3)11-16(21)20-10-9-18(4,12-19)13-20/h5-8H,9-13,19H2,1-4H3.